The van der Waals surface area contributed by atoms with E-state index in [1.165, 1.54) is 55.0 Å². The Bertz CT molecular complexity index is 1660. The summed E-state index contributed by atoms with van der Waals surface area (Å²) >= 11 is 10.0. The number of fused-ring (bicyclic) bond motifs is 3. The average Bonchev–Trinajstić information content (AvgIpc) is 3.55. The van der Waals surface area contributed by atoms with E-state index >= 15 is 0 Å². The Balaban J connectivity index is 0.00000212. The number of benzene rings is 4. The molecule has 0 aliphatic heterocycles. The number of halogens is 4. The number of hydrogen-bond acceptors (Lipinski definition) is 0. The van der Waals surface area contributed by atoms with Crippen molar-refractivity contribution in [2.75, 3.05) is 0 Å². The van der Waals surface area contributed by atoms with Crippen LogP contribution in [0.1, 0.15) is 62.8 Å². The summed E-state index contributed by atoms with van der Waals surface area (Å²) in [6.45, 7) is 9.38. The van der Waals surface area contributed by atoms with Crippen LogP contribution in [0.15, 0.2) is 112 Å². The molecule has 5 heteroatoms. The first-order chi connectivity index (χ1) is 19.7. The summed E-state index contributed by atoms with van der Waals surface area (Å²) in [7, 11) is 0. The van der Waals surface area contributed by atoms with E-state index in [0.717, 1.165) is 16.5 Å². The molecule has 0 saturated carbocycles. The Morgan fingerprint density at radius 2 is 1.35 bits per heavy atom. The average molecular weight is 726 g/mol. The van der Waals surface area contributed by atoms with Crippen molar-refractivity contribution >= 4 is 29.7 Å². The minimum Gasteiger partial charge on any atom is -1.00 e. The van der Waals surface area contributed by atoms with Crippen LogP contribution in [0.2, 0.25) is 10.0 Å². The molecule has 0 N–H and O–H groups in total. The smallest absolute Gasteiger partial charge is 1.00 e. The van der Waals surface area contributed by atoms with Crippen LogP contribution in [0.25, 0.3) is 11.1 Å². The van der Waals surface area contributed by atoms with Crippen LogP contribution in [0.4, 0.5) is 0 Å². The van der Waals surface area contributed by atoms with E-state index < -0.39 is 21.3 Å². The van der Waals surface area contributed by atoms with Gasteiger partial charge in [0.15, 0.2) is 0 Å². The summed E-state index contributed by atoms with van der Waals surface area (Å²) in [6.07, 6.45) is 8.56. The molecule has 0 aromatic heterocycles. The number of allylic oxidation sites excluding steroid dienone is 4. The van der Waals surface area contributed by atoms with Crippen LogP contribution in [0.3, 0.4) is 0 Å². The van der Waals surface area contributed by atoms with Crippen molar-refractivity contribution in [2.24, 2.45) is 11.3 Å². The largest absolute Gasteiger partial charge is 1.00 e. The fourth-order valence-electron chi connectivity index (χ4n) is 6.42. The van der Waals surface area contributed by atoms with Gasteiger partial charge in [0, 0.05) is 0 Å². The van der Waals surface area contributed by atoms with Gasteiger partial charge in [-0.2, -0.15) is 0 Å². The van der Waals surface area contributed by atoms with Crippen molar-refractivity contribution in [1.82, 2.24) is 0 Å². The second kappa shape index (κ2) is 14.1. The standard InChI is InChI=1S/C13H8Cl2.C13H9.C12H19.2ClH.Zr/c14-12-5-1-10(2-6-12)9-11-3-7-13(15)8-4-11;1-3-7-12-10(5-1)9-11-6-2-4-8-13(11)12;1-5-6-10-7-8-11(9-10)12(2,3)4;;;/h1-8H;1-5,7-8H,9H2;8-10H,5-6H2,1-4H3;2*1H;/q;;;;;+2/p-2. The van der Waals surface area contributed by atoms with Crippen LogP contribution in [-0.2, 0) is 27.7 Å². The quantitative estimate of drug-likeness (QED) is 0.244. The fraction of sp³-hybridized carbons (Fsp3) is 0.237. The Morgan fingerprint density at radius 3 is 1.93 bits per heavy atom. The van der Waals surface area contributed by atoms with Crippen molar-refractivity contribution in [2.45, 2.75) is 47.0 Å². The fourth-order valence-corrected chi connectivity index (χ4v) is 15.2. The molecule has 0 amide bonds. The molecule has 0 saturated heterocycles. The minimum atomic E-state index is -2.84. The molecule has 4 aromatic carbocycles. The van der Waals surface area contributed by atoms with Gasteiger partial charge in [-0.05, 0) is 0 Å². The van der Waals surface area contributed by atoms with E-state index in [2.05, 4.69) is 107 Å². The summed E-state index contributed by atoms with van der Waals surface area (Å²) in [4.78, 5) is 0. The van der Waals surface area contributed by atoms with Crippen molar-refractivity contribution in [3.63, 3.8) is 0 Å². The first kappa shape index (κ1) is 34.2. The maximum Gasteiger partial charge on any atom is -1.00 e. The third-order valence-corrected chi connectivity index (χ3v) is 16.8. The molecular formula is C38H36Cl4Zr. The molecule has 0 heterocycles. The zero-order valence-corrected chi connectivity index (χ0v) is 30.5. The molecule has 0 nitrogen and oxygen atoms in total. The molecule has 0 fully saturated rings. The minimum absolute atomic E-state index is 0. The maximum atomic E-state index is 6.44. The summed E-state index contributed by atoms with van der Waals surface area (Å²) < 4.78 is 4.78. The van der Waals surface area contributed by atoms with Gasteiger partial charge in [0.05, 0.1) is 0 Å². The van der Waals surface area contributed by atoms with Crippen molar-refractivity contribution in [3.05, 3.63) is 144 Å². The molecule has 0 radical (unpaired) electrons. The zero-order chi connectivity index (χ0) is 28.7. The topological polar surface area (TPSA) is 0 Å². The Kier molecular flexibility index (Phi) is 11.2. The number of hydrogen-bond donors (Lipinski definition) is 0. The molecule has 6 rings (SSSR count). The van der Waals surface area contributed by atoms with E-state index in [1.807, 2.05) is 24.3 Å². The van der Waals surface area contributed by atoms with Crippen molar-refractivity contribution < 1.29 is 46.1 Å². The van der Waals surface area contributed by atoms with E-state index in [4.69, 9.17) is 23.2 Å². The predicted molar refractivity (Wildman–Crippen MR) is 174 cm³/mol. The molecule has 220 valence electrons. The molecule has 2 aliphatic rings. The van der Waals surface area contributed by atoms with Crippen LogP contribution in [0.5, 0.6) is 0 Å². The van der Waals surface area contributed by atoms with Gasteiger partial charge in [-0.25, -0.2) is 0 Å². The first-order valence-corrected chi connectivity index (χ1v) is 19.1. The van der Waals surface area contributed by atoms with Gasteiger partial charge in [-0.3, -0.25) is 0 Å². The van der Waals surface area contributed by atoms with Crippen molar-refractivity contribution in [1.29, 1.82) is 0 Å². The summed E-state index contributed by atoms with van der Waals surface area (Å²) in [5, 5.41) is 1.54. The van der Waals surface area contributed by atoms with E-state index in [1.54, 1.807) is 6.55 Å². The summed E-state index contributed by atoms with van der Waals surface area (Å²) in [5.41, 5.74) is 9.92. The summed E-state index contributed by atoms with van der Waals surface area (Å²) in [5.74, 6) is 0.470. The molecule has 43 heavy (non-hydrogen) atoms. The third-order valence-electron chi connectivity index (χ3n) is 8.48. The van der Waals surface area contributed by atoms with Gasteiger partial charge in [0.1, 0.15) is 0 Å². The van der Waals surface area contributed by atoms with Crippen molar-refractivity contribution in [3.8, 4) is 11.1 Å². The van der Waals surface area contributed by atoms with E-state index in [0.29, 0.717) is 5.92 Å². The van der Waals surface area contributed by atoms with Gasteiger partial charge < -0.3 is 24.8 Å². The van der Waals surface area contributed by atoms with Gasteiger partial charge in [0.2, 0.25) is 0 Å². The van der Waals surface area contributed by atoms with Crippen LogP contribution < -0.4 is 28.1 Å². The molecule has 0 bridgehead atoms. The summed E-state index contributed by atoms with van der Waals surface area (Å²) in [6, 6.07) is 33.2. The van der Waals surface area contributed by atoms with E-state index in [-0.39, 0.29) is 30.2 Å². The van der Waals surface area contributed by atoms with Gasteiger partial charge in [-0.15, -0.1) is 0 Å². The predicted octanol–water partition coefficient (Wildman–Crippen LogP) is 4.37. The molecule has 0 spiro atoms. The molecular weight excluding hydrogens is 689 g/mol. The molecule has 2 aliphatic carbocycles. The second-order valence-electron chi connectivity index (χ2n) is 12.3. The first-order valence-electron chi connectivity index (χ1n) is 14.7. The van der Waals surface area contributed by atoms with Crippen LogP contribution in [-0.4, -0.2) is 3.21 Å². The Labute approximate surface area is 287 Å². The second-order valence-corrected chi connectivity index (χ2v) is 19.0. The Morgan fingerprint density at radius 1 is 0.767 bits per heavy atom. The third kappa shape index (κ3) is 6.93. The molecule has 4 aromatic rings. The maximum absolute atomic E-state index is 6.44. The normalized spacial score (nSPS) is 14.8. The zero-order valence-electron chi connectivity index (χ0n) is 25.0. The Hall–Kier alpha value is -1.73. The van der Waals surface area contributed by atoms with Crippen LogP contribution >= 0.6 is 23.2 Å². The van der Waals surface area contributed by atoms with E-state index in [9.17, 15) is 0 Å². The van der Waals surface area contributed by atoms with Gasteiger partial charge in [-0.1, -0.05) is 0 Å². The number of rotatable bonds is 6. The van der Waals surface area contributed by atoms with Crippen LogP contribution in [0, 0.1) is 11.3 Å². The monoisotopic (exact) mass is 722 g/mol. The molecule has 1 atom stereocenters. The van der Waals surface area contributed by atoms with Gasteiger partial charge >= 0.3 is 265 Å². The van der Waals surface area contributed by atoms with Gasteiger partial charge in [0.25, 0.3) is 0 Å². The SMILES string of the molecule is CCCC1C=C(C(C)(C)C)C=[C]1[Zr+2](=[C](c1ccc(Cl)cc1)c1ccc(Cl)cc1)[c]1cccc2c1Cc1ccccc1-2.[Cl-].[Cl-]. The molecule has 1 unspecified atom stereocenters.